The second-order valence-electron chi connectivity index (χ2n) is 5.69. The molecule has 0 unspecified atom stereocenters. The molecule has 0 spiro atoms. The van der Waals surface area contributed by atoms with E-state index in [1.807, 2.05) is 24.3 Å². The van der Waals surface area contributed by atoms with Gasteiger partial charge in [-0.25, -0.2) is 0 Å². The van der Waals surface area contributed by atoms with Crippen molar-refractivity contribution in [3.63, 3.8) is 0 Å². The lowest BCUT2D eigenvalue weighted by atomic mass is 9.80. The molecule has 0 saturated heterocycles. The Hall–Kier alpha value is -1.13. The molecule has 1 fully saturated rings. The van der Waals surface area contributed by atoms with Crippen molar-refractivity contribution in [3.8, 4) is 0 Å². The zero-order valence-electron chi connectivity index (χ0n) is 11.8. The highest BCUT2D eigenvalue weighted by Crippen LogP contribution is 2.41. The topological polar surface area (TPSA) is 29.1 Å². The average Bonchev–Trinajstić information content (AvgIpc) is 3.16. The van der Waals surface area contributed by atoms with Gasteiger partial charge < -0.3 is 5.32 Å². The molecular weight excluding hydrogens is 346 g/mol. The van der Waals surface area contributed by atoms with Crippen molar-refractivity contribution >= 4 is 33.2 Å². The number of carbonyl (C=O) groups excluding carboxylic acids is 1. The predicted octanol–water partition coefficient (Wildman–Crippen LogP) is 4.75. The van der Waals surface area contributed by atoms with E-state index in [4.69, 9.17) is 0 Å². The molecule has 2 nitrogen and oxygen atoms in total. The lowest BCUT2D eigenvalue weighted by molar-refractivity contribution is 0.0943. The third-order valence-electron chi connectivity index (χ3n) is 4.37. The zero-order valence-corrected chi connectivity index (χ0v) is 14.2. The largest absolute Gasteiger partial charge is 0.351 e. The quantitative estimate of drug-likeness (QED) is 0.833. The number of hydrogen-bond acceptors (Lipinski definition) is 2. The minimum absolute atomic E-state index is 0.0119. The zero-order chi connectivity index (χ0) is 14.7. The highest BCUT2D eigenvalue weighted by atomic mass is 79.9. The minimum Gasteiger partial charge on any atom is -0.351 e. The average molecular weight is 364 g/mol. The van der Waals surface area contributed by atoms with Crippen molar-refractivity contribution in [2.75, 3.05) is 6.54 Å². The molecule has 3 rings (SSSR count). The Kier molecular flexibility index (Phi) is 4.45. The van der Waals surface area contributed by atoms with Gasteiger partial charge in [0, 0.05) is 22.0 Å². The Labute approximate surface area is 137 Å². The van der Waals surface area contributed by atoms with Gasteiger partial charge in [-0.05, 0) is 53.4 Å². The molecule has 1 heterocycles. The highest BCUT2D eigenvalue weighted by Gasteiger charge is 2.36. The first-order valence-electron chi connectivity index (χ1n) is 7.26. The van der Waals surface area contributed by atoms with Crippen LogP contribution in [-0.2, 0) is 5.41 Å². The molecule has 1 aliphatic rings. The summed E-state index contributed by atoms with van der Waals surface area (Å²) in [6.45, 7) is 0.731. The van der Waals surface area contributed by atoms with E-state index < -0.39 is 0 Å². The van der Waals surface area contributed by atoms with Gasteiger partial charge in [-0.3, -0.25) is 4.79 Å². The lowest BCUT2D eigenvalue weighted by Gasteiger charge is -2.28. The molecule has 1 aliphatic carbocycles. The van der Waals surface area contributed by atoms with Crippen LogP contribution in [0, 0.1) is 0 Å². The van der Waals surface area contributed by atoms with E-state index in [2.05, 4.69) is 38.1 Å². The molecule has 110 valence electrons. The number of nitrogens with one attached hydrogen (secondary N) is 1. The second kappa shape index (κ2) is 6.32. The first kappa shape index (κ1) is 14.8. The third kappa shape index (κ3) is 3.22. The molecule has 1 amide bonds. The van der Waals surface area contributed by atoms with Gasteiger partial charge in [-0.2, -0.15) is 11.3 Å². The number of carbonyl (C=O) groups is 1. The second-order valence-corrected chi connectivity index (χ2v) is 7.39. The van der Waals surface area contributed by atoms with Gasteiger partial charge >= 0.3 is 0 Å². The number of halogens is 1. The molecule has 0 bridgehead atoms. The van der Waals surface area contributed by atoms with Crippen molar-refractivity contribution in [1.29, 1.82) is 0 Å². The molecule has 0 atom stereocenters. The SMILES string of the molecule is O=C(NCC1(c2ccsc2)CCCC1)c1cccc(Br)c1. The first-order chi connectivity index (χ1) is 10.2. The van der Waals surface area contributed by atoms with Gasteiger partial charge in [0.2, 0.25) is 0 Å². The van der Waals surface area contributed by atoms with Crippen LogP contribution in [0.25, 0.3) is 0 Å². The summed E-state index contributed by atoms with van der Waals surface area (Å²) in [6.07, 6.45) is 4.84. The van der Waals surface area contributed by atoms with Crippen LogP contribution in [0.2, 0.25) is 0 Å². The van der Waals surface area contributed by atoms with E-state index in [9.17, 15) is 4.79 Å². The van der Waals surface area contributed by atoms with Crippen LogP contribution in [0.15, 0.2) is 45.6 Å². The summed E-state index contributed by atoms with van der Waals surface area (Å²) in [5.74, 6) is 0.0119. The van der Waals surface area contributed by atoms with Crippen molar-refractivity contribution in [3.05, 3.63) is 56.7 Å². The van der Waals surface area contributed by atoms with E-state index in [0.717, 1.165) is 11.0 Å². The Morgan fingerprint density at radius 2 is 2.10 bits per heavy atom. The molecule has 1 N–H and O–H groups in total. The van der Waals surface area contributed by atoms with Gasteiger partial charge in [-0.15, -0.1) is 0 Å². The van der Waals surface area contributed by atoms with Gasteiger partial charge in [0.05, 0.1) is 0 Å². The summed E-state index contributed by atoms with van der Waals surface area (Å²) in [5, 5.41) is 7.51. The number of amides is 1. The molecule has 1 aromatic carbocycles. The van der Waals surface area contributed by atoms with E-state index in [-0.39, 0.29) is 11.3 Å². The Balaban J connectivity index is 1.72. The summed E-state index contributed by atoms with van der Waals surface area (Å²) < 4.78 is 0.934. The molecule has 2 aromatic rings. The lowest BCUT2D eigenvalue weighted by Crippen LogP contribution is -2.38. The maximum atomic E-state index is 12.3. The minimum atomic E-state index is 0.0119. The number of benzene rings is 1. The molecular formula is C17H18BrNOS. The number of hydrogen-bond donors (Lipinski definition) is 1. The first-order valence-corrected chi connectivity index (χ1v) is 9.00. The fourth-order valence-electron chi connectivity index (χ4n) is 3.17. The number of rotatable bonds is 4. The van der Waals surface area contributed by atoms with Crippen LogP contribution in [-0.4, -0.2) is 12.5 Å². The van der Waals surface area contributed by atoms with Crippen LogP contribution in [0.3, 0.4) is 0 Å². The van der Waals surface area contributed by atoms with Crippen LogP contribution in [0.5, 0.6) is 0 Å². The van der Waals surface area contributed by atoms with Crippen LogP contribution < -0.4 is 5.32 Å². The predicted molar refractivity (Wildman–Crippen MR) is 90.9 cm³/mol. The Morgan fingerprint density at radius 3 is 2.76 bits per heavy atom. The summed E-state index contributed by atoms with van der Waals surface area (Å²) >= 11 is 5.15. The maximum absolute atomic E-state index is 12.3. The van der Waals surface area contributed by atoms with E-state index >= 15 is 0 Å². The highest BCUT2D eigenvalue weighted by molar-refractivity contribution is 9.10. The van der Waals surface area contributed by atoms with E-state index in [1.165, 1.54) is 31.2 Å². The fourth-order valence-corrected chi connectivity index (χ4v) is 4.34. The summed E-state index contributed by atoms with van der Waals surface area (Å²) in [4.78, 5) is 12.3. The van der Waals surface area contributed by atoms with Crippen molar-refractivity contribution in [2.24, 2.45) is 0 Å². The number of thiophene rings is 1. The van der Waals surface area contributed by atoms with Crippen molar-refractivity contribution < 1.29 is 4.79 Å². The monoisotopic (exact) mass is 363 g/mol. The third-order valence-corrected chi connectivity index (χ3v) is 5.54. The fraction of sp³-hybridized carbons (Fsp3) is 0.353. The van der Waals surface area contributed by atoms with Crippen LogP contribution in [0.4, 0.5) is 0 Å². The summed E-state index contributed by atoms with van der Waals surface area (Å²) in [7, 11) is 0. The molecule has 0 aliphatic heterocycles. The Morgan fingerprint density at radius 1 is 1.29 bits per heavy atom. The van der Waals surface area contributed by atoms with E-state index in [1.54, 1.807) is 11.3 Å². The molecule has 4 heteroatoms. The van der Waals surface area contributed by atoms with Gasteiger partial charge in [0.15, 0.2) is 0 Å². The van der Waals surface area contributed by atoms with Crippen LogP contribution in [0.1, 0.15) is 41.6 Å². The van der Waals surface area contributed by atoms with Gasteiger partial charge in [0.1, 0.15) is 0 Å². The molecule has 1 aromatic heterocycles. The summed E-state index contributed by atoms with van der Waals surface area (Å²) in [6, 6.07) is 9.75. The normalized spacial score (nSPS) is 16.8. The smallest absolute Gasteiger partial charge is 0.251 e. The van der Waals surface area contributed by atoms with Crippen molar-refractivity contribution in [2.45, 2.75) is 31.1 Å². The van der Waals surface area contributed by atoms with Gasteiger partial charge in [0.25, 0.3) is 5.91 Å². The van der Waals surface area contributed by atoms with Gasteiger partial charge in [-0.1, -0.05) is 34.8 Å². The molecule has 1 saturated carbocycles. The molecule has 21 heavy (non-hydrogen) atoms. The maximum Gasteiger partial charge on any atom is 0.251 e. The standard InChI is InChI=1S/C17H18BrNOS/c18-15-5-3-4-13(10-15)16(20)19-12-17(7-1-2-8-17)14-6-9-21-11-14/h3-6,9-11H,1-2,7-8,12H2,(H,19,20). The van der Waals surface area contributed by atoms with Crippen molar-refractivity contribution in [1.82, 2.24) is 5.32 Å². The summed E-state index contributed by atoms with van der Waals surface area (Å²) in [5.41, 5.74) is 2.24. The van der Waals surface area contributed by atoms with E-state index in [0.29, 0.717) is 5.56 Å². The Bertz CT molecular complexity index is 617. The molecule has 0 radical (unpaired) electrons. The van der Waals surface area contributed by atoms with Crippen LogP contribution >= 0.6 is 27.3 Å².